The van der Waals surface area contributed by atoms with Gasteiger partial charge in [0.2, 0.25) is 0 Å². The minimum absolute atomic E-state index is 0.0400. The molecule has 1 saturated carbocycles. The molecule has 8 heteroatoms. The number of alkyl halides is 2. The van der Waals surface area contributed by atoms with E-state index in [1.54, 1.807) is 0 Å². The van der Waals surface area contributed by atoms with Crippen molar-refractivity contribution in [2.75, 3.05) is 6.61 Å². The Hall–Kier alpha value is -2.25. The number of nitro groups is 1. The summed E-state index contributed by atoms with van der Waals surface area (Å²) in [6.45, 7) is -0.404. The molecule has 2 rings (SSSR count). The molecule has 0 heterocycles. The number of nitrogens with zero attached hydrogens (tertiary/aromatic N) is 1. The van der Waals surface area contributed by atoms with Gasteiger partial charge in [-0.3, -0.25) is 10.1 Å². The number of halogens is 2. The Kier molecular flexibility index (Phi) is 3.32. The van der Waals surface area contributed by atoms with Crippen LogP contribution in [0.4, 0.5) is 19.3 Å². The quantitative estimate of drug-likeness (QED) is 0.365. The monoisotopic (exact) mass is 273 g/mol. The van der Waals surface area contributed by atoms with Gasteiger partial charge in [0.05, 0.1) is 10.8 Å². The summed E-state index contributed by atoms with van der Waals surface area (Å²) in [5.74, 6) is -3.66. The van der Waals surface area contributed by atoms with Crippen LogP contribution in [0.15, 0.2) is 24.3 Å². The molecule has 0 aliphatic heterocycles. The molecule has 0 amide bonds. The van der Waals surface area contributed by atoms with E-state index in [1.807, 2.05) is 0 Å². The van der Waals surface area contributed by atoms with E-state index < -0.39 is 29.5 Å². The van der Waals surface area contributed by atoms with E-state index in [9.17, 15) is 23.7 Å². The molecule has 0 N–H and O–H groups in total. The summed E-state index contributed by atoms with van der Waals surface area (Å²) < 4.78 is 34.2. The first-order valence-electron chi connectivity index (χ1n) is 5.35. The van der Waals surface area contributed by atoms with Gasteiger partial charge in [0.15, 0.2) is 0 Å². The maximum Gasteiger partial charge on any atom is 0.513 e. The van der Waals surface area contributed by atoms with E-state index in [0.29, 0.717) is 0 Å². The summed E-state index contributed by atoms with van der Waals surface area (Å²) in [5.41, 5.74) is -0.154. The summed E-state index contributed by atoms with van der Waals surface area (Å²) in [4.78, 5) is 20.9. The number of rotatable bonds is 4. The van der Waals surface area contributed by atoms with Gasteiger partial charge in [-0.05, 0) is 12.1 Å². The normalized spacial score (nSPS) is 19.6. The van der Waals surface area contributed by atoms with Crippen LogP contribution in [0.25, 0.3) is 0 Å². The van der Waals surface area contributed by atoms with Crippen molar-refractivity contribution >= 4 is 11.8 Å². The van der Waals surface area contributed by atoms with E-state index >= 15 is 0 Å². The molecule has 0 radical (unpaired) electrons. The highest BCUT2D eigenvalue weighted by Gasteiger charge is 2.57. The second-order valence-electron chi connectivity index (χ2n) is 4.08. The summed E-state index contributed by atoms with van der Waals surface area (Å²) >= 11 is 0. The average molecular weight is 273 g/mol. The lowest BCUT2D eigenvalue weighted by Gasteiger charge is -2.05. The maximum atomic E-state index is 12.5. The number of non-ortho nitro benzene ring substituents is 1. The fourth-order valence-corrected chi connectivity index (χ4v) is 1.38. The maximum absolute atomic E-state index is 12.5. The van der Waals surface area contributed by atoms with E-state index in [1.165, 1.54) is 12.1 Å². The molecule has 1 unspecified atom stereocenters. The third-order valence-corrected chi connectivity index (χ3v) is 2.61. The molecule has 1 aliphatic rings. The van der Waals surface area contributed by atoms with Gasteiger partial charge in [-0.2, -0.15) is 0 Å². The zero-order chi connectivity index (χ0) is 14.0. The van der Waals surface area contributed by atoms with E-state index in [-0.39, 0.29) is 17.9 Å². The average Bonchev–Trinajstić information content (AvgIpc) is 2.95. The summed E-state index contributed by atoms with van der Waals surface area (Å²) in [6.07, 6.45) is -1.41. The number of hydrogen-bond acceptors (Lipinski definition) is 5. The molecule has 0 aromatic heterocycles. The number of nitro benzene ring substituents is 1. The second-order valence-corrected chi connectivity index (χ2v) is 4.08. The van der Waals surface area contributed by atoms with Crippen LogP contribution in [0, 0.1) is 16.0 Å². The van der Waals surface area contributed by atoms with Crippen LogP contribution < -0.4 is 4.74 Å². The molecule has 1 aromatic rings. The van der Waals surface area contributed by atoms with Crippen molar-refractivity contribution in [1.82, 2.24) is 0 Å². The lowest BCUT2D eigenvalue weighted by molar-refractivity contribution is -0.384. The lowest BCUT2D eigenvalue weighted by atomic mass is 10.3. The minimum Gasteiger partial charge on any atom is -0.433 e. The lowest BCUT2D eigenvalue weighted by Crippen LogP contribution is -2.14. The first-order chi connectivity index (χ1) is 8.88. The summed E-state index contributed by atoms with van der Waals surface area (Å²) in [6, 6.07) is 4.73. The SMILES string of the molecule is O=C(OCC1CC1(F)F)Oc1ccc([N+](=O)[O-])cc1. The Bertz CT molecular complexity index is 502. The number of ether oxygens (including phenoxy) is 2. The van der Waals surface area contributed by atoms with E-state index in [2.05, 4.69) is 9.47 Å². The molecule has 1 fully saturated rings. The van der Waals surface area contributed by atoms with Gasteiger partial charge in [-0.1, -0.05) is 0 Å². The predicted molar refractivity (Wildman–Crippen MR) is 58.1 cm³/mol. The first-order valence-corrected chi connectivity index (χ1v) is 5.35. The van der Waals surface area contributed by atoms with Crippen LogP contribution in [0.3, 0.4) is 0 Å². The molecule has 0 saturated heterocycles. The molecule has 1 aromatic carbocycles. The minimum atomic E-state index is -2.76. The van der Waals surface area contributed by atoms with Gasteiger partial charge in [0.25, 0.3) is 11.6 Å². The van der Waals surface area contributed by atoms with Gasteiger partial charge >= 0.3 is 6.16 Å². The van der Waals surface area contributed by atoms with Crippen LogP contribution >= 0.6 is 0 Å². The number of carbonyl (C=O) groups is 1. The van der Waals surface area contributed by atoms with Gasteiger partial charge < -0.3 is 9.47 Å². The van der Waals surface area contributed by atoms with Crippen molar-refractivity contribution in [2.45, 2.75) is 12.3 Å². The molecule has 6 nitrogen and oxygen atoms in total. The van der Waals surface area contributed by atoms with Crippen LogP contribution in [-0.2, 0) is 4.74 Å². The topological polar surface area (TPSA) is 78.7 Å². The fourth-order valence-electron chi connectivity index (χ4n) is 1.38. The third kappa shape index (κ3) is 3.36. The number of carbonyl (C=O) groups excluding carboxylic acids is 1. The number of benzene rings is 1. The molecule has 0 bridgehead atoms. The summed E-state index contributed by atoms with van der Waals surface area (Å²) in [7, 11) is 0. The Morgan fingerprint density at radius 2 is 2.00 bits per heavy atom. The highest BCUT2D eigenvalue weighted by atomic mass is 19.3. The zero-order valence-electron chi connectivity index (χ0n) is 9.55. The molecule has 102 valence electrons. The van der Waals surface area contributed by atoms with Gasteiger partial charge in [-0.25, -0.2) is 13.6 Å². The van der Waals surface area contributed by atoms with E-state index in [4.69, 9.17) is 0 Å². The Morgan fingerprint density at radius 1 is 1.42 bits per heavy atom. The number of hydrogen-bond donors (Lipinski definition) is 0. The van der Waals surface area contributed by atoms with Gasteiger partial charge in [-0.15, -0.1) is 0 Å². The van der Waals surface area contributed by atoms with Crippen molar-refractivity contribution in [2.24, 2.45) is 5.92 Å². The van der Waals surface area contributed by atoms with Crippen molar-refractivity contribution < 1.29 is 28.0 Å². The predicted octanol–water partition coefficient (Wildman–Crippen LogP) is 2.77. The van der Waals surface area contributed by atoms with Gasteiger partial charge in [0.1, 0.15) is 12.4 Å². The fraction of sp³-hybridized carbons (Fsp3) is 0.364. The van der Waals surface area contributed by atoms with Crippen molar-refractivity contribution in [3.8, 4) is 5.75 Å². The van der Waals surface area contributed by atoms with Gasteiger partial charge in [0, 0.05) is 18.6 Å². The van der Waals surface area contributed by atoms with Crippen LogP contribution in [0.1, 0.15) is 6.42 Å². The molecule has 1 aliphatic carbocycles. The largest absolute Gasteiger partial charge is 0.513 e. The van der Waals surface area contributed by atoms with Crippen LogP contribution in [0.2, 0.25) is 0 Å². The van der Waals surface area contributed by atoms with Crippen molar-refractivity contribution in [1.29, 1.82) is 0 Å². The van der Waals surface area contributed by atoms with Crippen molar-refractivity contribution in [3.05, 3.63) is 34.4 Å². The van der Waals surface area contributed by atoms with Crippen LogP contribution in [-0.4, -0.2) is 23.6 Å². The summed E-state index contributed by atoms with van der Waals surface area (Å²) in [5, 5.41) is 10.4. The smallest absolute Gasteiger partial charge is 0.433 e. The molecule has 0 spiro atoms. The van der Waals surface area contributed by atoms with Crippen LogP contribution in [0.5, 0.6) is 5.75 Å². The Labute approximate surface area is 106 Å². The molecular formula is C11H9F2NO5. The molecule has 1 atom stereocenters. The van der Waals surface area contributed by atoms with Crippen molar-refractivity contribution in [3.63, 3.8) is 0 Å². The Morgan fingerprint density at radius 3 is 2.47 bits per heavy atom. The molecular weight excluding hydrogens is 264 g/mol. The Balaban J connectivity index is 1.80. The third-order valence-electron chi connectivity index (χ3n) is 2.61. The van der Waals surface area contributed by atoms with E-state index in [0.717, 1.165) is 12.1 Å². The standard InChI is InChI=1S/C11H9F2NO5/c12-11(13)5-7(11)6-18-10(15)19-9-3-1-8(2-4-9)14(16)17/h1-4,7H,5-6H2. The first kappa shape index (κ1) is 13.2. The highest BCUT2D eigenvalue weighted by Crippen LogP contribution is 2.48. The highest BCUT2D eigenvalue weighted by molar-refractivity contribution is 5.64. The zero-order valence-corrected chi connectivity index (χ0v) is 9.55. The molecule has 19 heavy (non-hydrogen) atoms. The second kappa shape index (κ2) is 4.79.